The predicted octanol–water partition coefficient (Wildman–Crippen LogP) is 5.45. The highest BCUT2D eigenvalue weighted by Crippen LogP contribution is 2.33. The number of nitrogens with one attached hydrogen (secondary N) is 1. The lowest BCUT2D eigenvalue weighted by Crippen LogP contribution is -2.47. The fraction of sp³-hybridized carbons (Fsp3) is 0.486. The number of fused-ring (bicyclic) bond motifs is 2. The van der Waals surface area contributed by atoms with Gasteiger partial charge in [-0.2, -0.15) is 0 Å². The zero-order chi connectivity index (χ0) is 35.1. The number of nitrogens with zero attached hydrogens (tertiary/aromatic N) is 2. The van der Waals surface area contributed by atoms with Gasteiger partial charge in [-0.1, -0.05) is 30.7 Å². The van der Waals surface area contributed by atoms with Crippen LogP contribution in [0.1, 0.15) is 61.5 Å². The number of aliphatic hydroxyl groups is 1. The van der Waals surface area contributed by atoms with Gasteiger partial charge in [0.1, 0.15) is 5.75 Å². The van der Waals surface area contributed by atoms with E-state index in [0.29, 0.717) is 32.0 Å². The molecule has 1 amide bonds. The van der Waals surface area contributed by atoms with Crippen molar-refractivity contribution in [1.29, 1.82) is 0 Å². The molecular weight excluding hydrogens is 646 g/mol. The zero-order valence-corrected chi connectivity index (χ0v) is 29.9. The van der Waals surface area contributed by atoms with Crippen LogP contribution in [-0.2, 0) is 21.3 Å². The maximum atomic E-state index is 14.4. The van der Waals surface area contributed by atoms with Crippen LogP contribution in [0.2, 0.25) is 0 Å². The second-order valence-corrected chi connectivity index (χ2v) is 15.0. The Labute approximate surface area is 290 Å². The van der Waals surface area contributed by atoms with Gasteiger partial charge in [-0.3, -0.25) is 14.4 Å². The van der Waals surface area contributed by atoms with E-state index in [0.717, 1.165) is 41.9 Å². The van der Waals surface area contributed by atoms with E-state index in [1.165, 1.54) is 6.07 Å². The molecule has 2 aliphatic rings. The molecule has 0 aliphatic carbocycles. The Morgan fingerprint density at radius 2 is 1.73 bits per heavy atom. The molecule has 0 fully saturated rings. The topological polar surface area (TPSA) is 127 Å². The normalized spacial score (nSPS) is 21.1. The second kappa shape index (κ2) is 16.2. The highest BCUT2D eigenvalue weighted by molar-refractivity contribution is 7.92. The summed E-state index contributed by atoms with van der Waals surface area (Å²) in [7, 11) is -1.87. The molecule has 266 valence electrons. The number of hydrogen-bond acceptors (Lipinski definition) is 9. The van der Waals surface area contributed by atoms with Gasteiger partial charge in [-0.15, -0.1) is 0 Å². The lowest BCUT2D eigenvalue weighted by Gasteiger charge is -2.36. The number of aryl methyl sites for hydroxylation is 1. The summed E-state index contributed by atoms with van der Waals surface area (Å²) >= 11 is 0. The Bertz CT molecular complexity index is 1680. The van der Waals surface area contributed by atoms with Crippen molar-refractivity contribution in [2.75, 3.05) is 44.9 Å². The summed E-state index contributed by atoms with van der Waals surface area (Å²) in [5, 5.41) is 10.3. The number of carbonyl (C=O) groups excluding carboxylic acids is 1. The number of aliphatic hydroxyl groups excluding tert-OH is 1. The van der Waals surface area contributed by atoms with Crippen molar-refractivity contribution in [2.45, 2.75) is 76.6 Å². The van der Waals surface area contributed by atoms with Crippen LogP contribution in [0, 0.1) is 12.8 Å². The van der Waals surface area contributed by atoms with E-state index in [9.17, 15) is 18.3 Å². The number of hydrogen-bond donors (Lipinski definition) is 2. The van der Waals surface area contributed by atoms with Crippen molar-refractivity contribution in [3.05, 3.63) is 77.4 Å². The molecule has 0 radical (unpaired) electrons. The molecule has 3 aromatic carbocycles. The third-order valence-electron chi connectivity index (χ3n) is 9.02. The van der Waals surface area contributed by atoms with Crippen LogP contribution in [0.3, 0.4) is 0 Å². The van der Waals surface area contributed by atoms with Gasteiger partial charge in [-0.25, -0.2) is 8.42 Å². The van der Waals surface area contributed by atoms with Crippen molar-refractivity contribution in [2.24, 2.45) is 5.92 Å². The molecule has 2 N–H and O–H groups in total. The van der Waals surface area contributed by atoms with Crippen molar-refractivity contribution in [3.8, 4) is 17.2 Å². The molecule has 12 heteroatoms. The summed E-state index contributed by atoms with van der Waals surface area (Å²) in [4.78, 5) is 18.4. The molecule has 49 heavy (non-hydrogen) atoms. The zero-order valence-electron chi connectivity index (χ0n) is 29.1. The summed E-state index contributed by atoms with van der Waals surface area (Å²) in [6, 6.07) is 16.8. The van der Waals surface area contributed by atoms with Gasteiger partial charge >= 0.3 is 0 Å². The summed E-state index contributed by atoms with van der Waals surface area (Å²) in [5.41, 5.74) is 2.49. The standard InChI is InChI=1S/C37H49N3O8S/c1-25-9-13-31(14-10-25)49(43,44)38-30-12-16-33-32(19-30)37(42)40(27(3)23-41)20-26(2)36(45-17-7-6-8-28(4)48-33)22-39(5)21-29-11-15-34-35(18-29)47-24-46-34/h9-16,18-19,26-28,36,38,41H,6-8,17,20-24H2,1-5H3/t26-,27-,28+,36-/m1/s1. The second-order valence-electron chi connectivity index (χ2n) is 13.3. The summed E-state index contributed by atoms with van der Waals surface area (Å²) in [6.07, 6.45) is 2.07. The number of likely N-dealkylation sites (N-methyl/N-ethyl adjacent to an activating group) is 1. The number of rotatable bonds is 9. The Balaban J connectivity index is 1.40. The average molecular weight is 696 g/mol. The van der Waals surface area contributed by atoms with Gasteiger partial charge in [0.15, 0.2) is 11.5 Å². The van der Waals surface area contributed by atoms with Crippen LogP contribution in [0.4, 0.5) is 5.69 Å². The number of sulfonamides is 1. The van der Waals surface area contributed by atoms with E-state index >= 15 is 0 Å². The molecule has 11 nitrogen and oxygen atoms in total. The van der Waals surface area contributed by atoms with Crippen molar-refractivity contribution in [3.63, 3.8) is 0 Å². The SMILES string of the molecule is Cc1ccc(S(=O)(=O)Nc2ccc3c(c2)C(=O)N([C@H](C)CO)C[C@@H](C)[C@@H](CN(C)Cc2ccc4c(c2)OCO4)OCCCC[C@H](C)O3)cc1. The Hall–Kier alpha value is -3.84. The number of anilines is 1. The third kappa shape index (κ3) is 9.45. The highest BCUT2D eigenvalue weighted by atomic mass is 32.2. The Morgan fingerprint density at radius 1 is 1.00 bits per heavy atom. The highest BCUT2D eigenvalue weighted by Gasteiger charge is 2.31. The van der Waals surface area contributed by atoms with Gasteiger partial charge < -0.3 is 29.0 Å². The van der Waals surface area contributed by atoms with Gasteiger partial charge in [0.25, 0.3) is 15.9 Å². The van der Waals surface area contributed by atoms with Crippen LogP contribution < -0.4 is 18.9 Å². The van der Waals surface area contributed by atoms with Gasteiger partial charge in [0, 0.05) is 37.8 Å². The largest absolute Gasteiger partial charge is 0.490 e. The molecule has 2 aliphatic heterocycles. The first-order valence-corrected chi connectivity index (χ1v) is 18.4. The molecule has 5 rings (SSSR count). The Kier molecular flexibility index (Phi) is 12.1. The summed E-state index contributed by atoms with van der Waals surface area (Å²) < 4.78 is 52.9. The Morgan fingerprint density at radius 3 is 2.49 bits per heavy atom. The fourth-order valence-electron chi connectivity index (χ4n) is 6.10. The van der Waals surface area contributed by atoms with Crippen LogP contribution in [0.25, 0.3) is 0 Å². The first kappa shape index (κ1) is 36.4. The number of amides is 1. The third-order valence-corrected chi connectivity index (χ3v) is 10.4. The van der Waals surface area contributed by atoms with Crippen molar-refractivity contribution < 1.29 is 37.3 Å². The molecule has 3 aromatic rings. The van der Waals surface area contributed by atoms with Crippen molar-refractivity contribution >= 4 is 21.6 Å². The molecule has 0 aromatic heterocycles. The monoisotopic (exact) mass is 695 g/mol. The minimum Gasteiger partial charge on any atom is -0.490 e. The molecule has 0 bridgehead atoms. The molecule has 2 heterocycles. The lowest BCUT2D eigenvalue weighted by molar-refractivity contribution is -0.0177. The molecule has 0 unspecified atom stereocenters. The summed E-state index contributed by atoms with van der Waals surface area (Å²) in [5.74, 6) is 1.38. The number of carbonyl (C=O) groups is 1. The van der Waals surface area contributed by atoms with Gasteiger partial charge in [0.05, 0.1) is 35.3 Å². The average Bonchev–Trinajstić information content (AvgIpc) is 3.54. The van der Waals surface area contributed by atoms with E-state index in [4.69, 9.17) is 18.9 Å². The minimum atomic E-state index is -3.91. The lowest BCUT2D eigenvalue weighted by atomic mass is 10.0. The van der Waals surface area contributed by atoms with E-state index in [-0.39, 0.29) is 53.6 Å². The van der Waals surface area contributed by atoms with Crippen LogP contribution in [-0.4, -0.2) is 87.6 Å². The first-order valence-electron chi connectivity index (χ1n) is 16.9. The molecule has 0 saturated heterocycles. The summed E-state index contributed by atoms with van der Waals surface area (Å²) in [6.45, 7) is 9.83. The maximum Gasteiger partial charge on any atom is 0.261 e. The fourth-order valence-corrected chi connectivity index (χ4v) is 7.15. The van der Waals surface area contributed by atoms with Crippen LogP contribution >= 0.6 is 0 Å². The number of ether oxygens (including phenoxy) is 4. The molecule has 0 saturated carbocycles. The van der Waals surface area contributed by atoms with E-state index < -0.39 is 16.1 Å². The van der Waals surface area contributed by atoms with E-state index in [1.54, 1.807) is 48.2 Å². The minimum absolute atomic E-state index is 0.105. The first-order chi connectivity index (χ1) is 23.4. The van der Waals surface area contributed by atoms with Crippen molar-refractivity contribution in [1.82, 2.24) is 9.80 Å². The maximum absolute atomic E-state index is 14.4. The quantitative estimate of drug-likeness (QED) is 0.301. The van der Waals surface area contributed by atoms with Crippen LogP contribution in [0.15, 0.2) is 65.6 Å². The molecule has 4 atom stereocenters. The van der Waals surface area contributed by atoms with E-state index in [1.807, 2.05) is 39.1 Å². The van der Waals surface area contributed by atoms with Crippen LogP contribution in [0.5, 0.6) is 17.2 Å². The molecule has 0 spiro atoms. The predicted molar refractivity (Wildman–Crippen MR) is 188 cm³/mol. The van der Waals surface area contributed by atoms with Gasteiger partial charge in [-0.05, 0) is 95.1 Å². The smallest absolute Gasteiger partial charge is 0.261 e. The van der Waals surface area contributed by atoms with Gasteiger partial charge in [0.2, 0.25) is 6.79 Å². The van der Waals surface area contributed by atoms with E-state index in [2.05, 4.69) is 16.5 Å². The molecular formula is C37H49N3O8S. The number of benzene rings is 3.